The monoisotopic (exact) mass is 1030 g/mol. The van der Waals surface area contributed by atoms with Gasteiger partial charge in [-0.25, -0.2) is 18.0 Å². The van der Waals surface area contributed by atoms with Gasteiger partial charge in [-0.15, -0.1) is 0 Å². The quantitative estimate of drug-likeness (QED) is 0.0424. The van der Waals surface area contributed by atoms with E-state index in [2.05, 4.69) is 8.37 Å². The van der Waals surface area contributed by atoms with Gasteiger partial charge in [-0.1, -0.05) is 6.92 Å². The first-order valence-electron chi connectivity index (χ1n) is 19.9. The summed E-state index contributed by atoms with van der Waals surface area (Å²) in [7, 11) is -13.5. The minimum absolute atomic E-state index is 0.117. The van der Waals surface area contributed by atoms with Crippen molar-refractivity contribution in [1.82, 2.24) is 4.72 Å². The highest BCUT2D eigenvalue weighted by molar-refractivity contribution is 7.83. The van der Waals surface area contributed by atoms with Gasteiger partial charge in [0.2, 0.25) is 0 Å². The molecule has 0 aromatic carbocycles. The number of nitrogens with one attached hydrogen (secondary N) is 1. The van der Waals surface area contributed by atoms with Crippen molar-refractivity contribution in [3.63, 3.8) is 0 Å². The summed E-state index contributed by atoms with van der Waals surface area (Å²) in [6.07, 6.45) is -24.1. The van der Waals surface area contributed by atoms with Crippen LogP contribution in [0, 0.1) is 17.8 Å². The molecule has 30 nitrogen and oxygen atoms in total. The van der Waals surface area contributed by atoms with Crippen LogP contribution in [0.2, 0.25) is 0 Å². The number of methoxy groups -OCH3 is 2. The van der Waals surface area contributed by atoms with Gasteiger partial charge in [-0.3, -0.25) is 13.7 Å². The molecule has 0 aromatic rings. The number of aliphatic carboxylic acids is 2. The van der Waals surface area contributed by atoms with Gasteiger partial charge in [0, 0.05) is 32.0 Å². The van der Waals surface area contributed by atoms with E-state index < -0.39 is 191 Å². The summed E-state index contributed by atoms with van der Waals surface area (Å²) >= 11 is 0. The van der Waals surface area contributed by atoms with E-state index in [1.54, 1.807) is 11.6 Å². The summed E-state index contributed by atoms with van der Waals surface area (Å²) in [5.41, 5.74) is 6.13. The molecule has 0 bridgehead atoms. The molecule has 66 heavy (non-hydrogen) atoms. The smallest absolute Gasteiger partial charge is 0.397 e. The van der Waals surface area contributed by atoms with Crippen LogP contribution < -0.4 is 10.5 Å². The van der Waals surface area contributed by atoms with Crippen LogP contribution in [0.25, 0.3) is 0 Å². The molecular formula is C33H58N2O28S3. The molecule has 386 valence electrons. The van der Waals surface area contributed by atoms with E-state index in [0.717, 1.165) is 7.11 Å². The standard InChI is InChI=1S/C33H58N2O28S3/c1-12-16(8-55-5-14-13(2)59-18(7-53-3)21(34)24(14)37)61-31(33(42)43)29(23(12)36)57-10-19-22(35-64(44,45)46)25(38)15(17(60-19)11-58-65(47,48)49)6-56-9-20-27(63-66(50,51)52)26(39)28(54-4)30(62-20)32(40)41/h12-31,35-39H,5-11,34H2,1-4H3,(H,40,41)(H,42,43)(H,44,45,46)(H,47,48,49)(H,50,51,52)/t12?,13?,14-,15-,16+,17?,18-,19-,20+,21?,22?,23+,24-,25-,26+,27?,28+,29-,30?,31?/m1/s1. The third kappa shape index (κ3) is 15.0. The first-order chi connectivity index (χ1) is 30.6. The molecule has 4 fully saturated rings. The molecule has 0 spiro atoms. The highest BCUT2D eigenvalue weighted by Crippen LogP contribution is 2.34. The number of carboxylic acid groups (broad SMARTS) is 2. The average molecular weight is 1030 g/mol. The predicted octanol–water partition coefficient (Wildman–Crippen LogP) is -6.27. The average Bonchev–Trinajstić information content (AvgIpc) is 3.20. The van der Waals surface area contributed by atoms with Gasteiger partial charge in [0.15, 0.2) is 12.2 Å². The molecule has 8 unspecified atom stereocenters. The first kappa shape index (κ1) is 56.6. The molecule has 0 aliphatic carbocycles. The molecule has 4 saturated heterocycles. The van der Waals surface area contributed by atoms with Gasteiger partial charge in [0.25, 0.3) is 0 Å². The Balaban J connectivity index is 1.51. The second kappa shape index (κ2) is 23.7. The second-order valence-electron chi connectivity index (χ2n) is 16.0. The second-order valence-corrected chi connectivity index (χ2v) is 19.4. The fraction of sp³-hybridized carbons (Fsp3) is 0.939. The lowest BCUT2D eigenvalue weighted by atomic mass is 9.85. The number of nitrogens with two attached hydrogens (primary N) is 1. The highest BCUT2D eigenvalue weighted by Gasteiger charge is 2.53. The van der Waals surface area contributed by atoms with E-state index in [9.17, 15) is 79.1 Å². The van der Waals surface area contributed by atoms with Gasteiger partial charge in [0.1, 0.15) is 36.6 Å². The van der Waals surface area contributed by atoms with E-state index in [1.165, 1.54) is 14.0 Å². The largest absolute Gasteiger partial charge is 0.479 e. The number of aliphatic hydroxyl groups excluding tert-OH is 4. The molecule has 0 aromatic heterocycles. The highest BCUT2D eigenvalue weighted by atomic mass is 32.3. The number of ether oxygens (including phenoxy) is 9. The van der Waals surface area contributed by atoms with Crippen molar-refractivity contribution in [3.05, 3.63) is 0 Å². The Morgan fingerprint density at radius 1 is 0.606 bits per heavy atom. The maximum Gasteiger partial charge on any atom is 0.397 e. The maximum absolute atomic E-state index is 12.5. The van der Waals surface area contributed by atoms with E-state index in [1.807, 2.05) is 0 Å². The molecule has 0 saturated carbocycles. The lowest BCUT2D eigenvalue weighted by Gasteiger charge is -2.46. The van der Waals surface area contributed by atoms with Crippen LogP contribution in [0.1, 0.15) is 13.8 Å². The van der Waals surface area contributed by atoms with Crippen molar-refractivity contribution >= 4 is 43.0 Å². The van der Waals surface area contributed by atoms with Crippen molar-refractivity contribution < 1.29 is 130 Å². The number of hydrogen-bond acceptors (Lipinski definition) is 24. The van der Waals surface area contributed by atoms with Crippen molar-refractivity contribution in [2.45, 2.75) is 117 Å². The predicted molar refractivity (Wildman–Crippen MR) is 210 cm³/mol. The van der Waals surface area contributed by atoms with Crippen LogP contribution in [0.15, 0.2) is 0 Å². The number of carboxylic acids is 2. The SMILES string of the molecule is COC[C@H]1OC(C)[C@@H](COC[C@@H]2OC(C(=O)O)[C@H](OC[C@H]3OC(COS(=O)(=O)O)[C@@H](COC[C@@H]4OC(C(=O)O)[C@@H](OC)[C@@H](O)C4OS(=O)(=O)O)[C@@H](O)C3NS(=O)(=O)O)[C@@H](O)C2C)[C@@H](O)C1N. The van der Waals surface area contributed by atoms with Crippen LogP contribution >= 0.6 is 0 Å². The lowest BCUT2D eigenvalue weighted by Crippen LogP contribution is -2.65. The van der Waals surface area contributed by atoms with Crippen LogP contribution in [-0.4, -0.2) is 246 Å². The zero-order valence-corrected chi connectivity index (χ0v) is 38.0. The number of rotatable bonds is 23. The van der Waals surface area contributed by atoms with Crippen molar-refractivity contribution in [3.8, 4) is 0 Å². The number of aliphatic hydroxyl groups is 4. The van der Waals surface area contributed by atoms with E-state index in [0.29, 0.717) is 0 Å². The number of hydrogen-bond donors (Lipinski definition) is 11. The van der Waals surface area contributed by atoms with E-state index in [-0.39, 0.29) is 19.8 Å². The van der Waals surface area contributed by atoms with Crippen LogP contribution in [0.4, 0.5) is 0 Å². The molecule has 4 rings (SSSR count). The minimum Gasteiger partial charge on any atom is -0.479 e. The van der Waals surface area contributed by atoms with Crippen molar-refractivity contribution in [2.75, 3.05) is 60.5 Å². The molecule has 20 atom stereocenters. The third-order valence-electron chi connectivity index (χ3n) is 11.7. The van der Waals surface area contributed by atoms with Crippen LogP contribution in [0.5, 0.6) is 0 Å². The summed E-state index contributed by atoms with van der Waals surface area (Å²) < 4.78 is 160. The molecular weight excluding hydrogens is 969 g/mol. The van der Waals surface area contributed by atoms with Gasteiger partial charge < -0.3 is 79.0 Å². The fourth-order valence-corrected chi connectivity index (χ4v) is 9.65. The summed E-state index contributed by atoms with van der Waals surface area (Å²) in [6.45, 7) is -1.04. The lowest BCUT2D eigenvalue weighted by molar-refractivity contribution is -0.248. The zero-order chi connectivity index (χ0) is 49.6. The van der Waals surface area contributed by atoms with Crippen molar-refractivity contribution in [1.29, 1.82) is 0 Å². The Labute approximate surface area is 378 Å². The van der Waals surface area contributed by atoms with Crippen LogP contribution in [0.3, 0.4) is 0 Å². The van der Waals surface area contributed by atoms with E-state index >= 15 is 0 Å². The first-order valence-corrected chi connectivity index (χ1v) is 24.1. The zero-order valence-electron chi connectivity index (χ0n) is 35.6. The molecule has 12 N–H and O–H groups in total. The van der Waals surface area contributed by atoms with Gasteiger partial charge in [-0.05, 0) is 6.92 Å². The Bertz CT molecular complexity index is 1930. The Hall–Kier alpha value is -2.01. The fourth-order valence-electron chi connectivity index (χ4n) is 8.19. The molecule has 4 heterocycles. The molecule has 33 heteroatoms. The number of carbonyl (C=O) groups is 2. The Morgan fingerprint density at radius 2 is 1.18 bits per heavy atom. The molecule has 0 radical (unpaired) electrons. The maximum atomic E-state index is 12.5. The van der Waals surface area contributed by atoms with Crippen LogP contribution in [-0.2, 0) is 91.7 Å². The molecule has 0 amide bonds. The summed E-state index contributed by atoms with van der Waals surface area (Å²) in [5.74, 6) is -6.56. The molecule has 4 aliphatic rings. The van der Waals surface area contributed by atoms with Gasteiger partial charge >= 0.3 is 43.0 Å². The Morgan fingerprint density at radius 3 is 1.73 bits per heavy atom. The van der Waals surface area contributed by atoms with Gasteiger partial charge in [-0.2, -0.15) is 30.0 Å². The summed E-state index contributed by atoms with van der Waals surface area (Å²) in [5, 5.41) is 64.2. The van der Waals surface area contributed by atoms with Gasteiger partial charge in [0.05, 0.1) is 101 Å². The molecule has 4 aliphatic heterocycles. The summed E-state index contributed by atoms with van der Waals surface area (Å²) in [6, 6.07) is -2.80. The normalized spacial score (nSPS) is 40.5. The Kier molecular flexibility index (Phi) is 20.3. The summed E-state index contributed by atoms with van der Waals surface area (Å²) in [4.78, 5) is 24.4. The van der Waals surface area contributed by atoms with Crippen molar-refractivity contribution in [2.24, 2.45) is 23.5 Å². The minimum atomic E-state index is -5.36. The van der Waals surface area contributed by atoms with E-state index in [4.69, 9.17) is 48.4 Å². The third-order valence-corrected chi connectivity index (χ3v) is 13.1. The topological polar surface area (TPSA) is 458 Å².